The van der Waals surface area contributed by atoms with E-state index in [1.807, 2.05) is 12.1 Å². The van der Waals surface area contributed by atoms with Crippen LogP contribution in [0, 0.1) is 0 Å². The molecule has 0 aliphatic heterocycles. The zero-order chi connectivity index (χ0) is 20.6. The van der Waals surface area contributed by atoms with Crippen LogP contribution in [0.5, 0.6) is 0 Å². The van der Waals surface area contributed by atoms with E-state index < -0.39 is 7.26 Å². The van der Waals surface area contributed by atoms with Crippen molar-refractivity contribution in [2.75, 3.05) is 6.66 Å². The lowest BCUT2D eigenvalue weighted by atomic mass is 10.1. The first-order chi connectivity index (χ1) is 14.7. The fourth-order valence-corrected chi connectivity index (χ4v) is 7.62. The Bertz CT molecular complexity index is 1280. The number of benzene rings is 3. The van der Waals surface area contributed by atoms with Crippen molar-refractivity contribution in [3.05, 3.63) is 108 Å². The quantitative estimate of drug-likeness (QED) is 0.324. The number of aromatic nitrogens is 1. The molecule has 146 valence electrons. The van der Waals surface area contributed by atoms with E-state index in [9.17, 15) is 0 Å². The zero-order valence-corrected chi connectivity index (χ0v) is 18.1. The van der Waals surface area contributed by atoms with Crippen LogP contribution >= 0.6 is 18.9 Å². The van der Waals surface area contributed by atoms with Gasteiger partial charge in [0.2, 0.25) is 0 Å². The van der Waals surface area contributed by atoms with Gasteiger partial charge in [0.15, 0.2) is 5.58 Å². The second-order valence-corrected chi connectivity index (χ2v) is 11.3. The number of nitrogens with zero attached hydrogens (tertiary/aromatic N) is 1. The molecule has 3 aromatic carbocycles. The van der Waals surface area contributed by atoms with Crippen LogP contribution in [0.3, 0.4) is 0 Å². The molecule has 2 heterocycles. The molecule has 0 saturated carbocycles. The number of fused-ring (bicyclic) bond motifs is 1. The maximum absolute atomic E-state index is 6.30. The summed E-state index contributed by atoms with van der Waals surface area (Å²) in [4.78, 5) is 4.86. The van der Waals surface area contributed by atoms with Gasteiger partial charge >= 0.3 is 0 Å². The molecule has 0 amide bonds. The molecule has 5 rings (SSSR count). The average Bonchev–Trinajstić information content (AvgIpc) is 3.20. The van der Waals surface area contributed by atoms with Crippen molar-refractivity contribution in [3.8, 4) is 11.3 Å². The van der Waals surface area contributed by atoms with Crippen LogP contribution in [0.4, 0.5) is 0 Å². The molecule has 4 heteroatoms. The van der Waals surface area contributed by atoms with Gasteiger partial charge in [-0.05, 0) is 48.5 Å². The summed E-state index contributed by atoms with van der Waals surface area (Å²) in [6.45, 7) is 2.39. The number of pyridine rings is 1. The highest BCUT2D eigenvalue weighted by molar-refractivity contribution is 7.95. The third kappa shape index (κ3) is 3.13. The highest BCUT2D eigenvalue weighted by Gasteiger charge is 2.42. The molecule has 0 bridgehead atoms. The summed E-state index contributed by atoms with van der Waals surface area (Å²) in [5.41, 5.74) is 3.42. The van der Waals surface area contributed by atoms with Crippen molar-refractivity contribution in [3.63, 3.8) is 0 Å². The van der Waals surface area contributed by atoms with E-state index in [0.29, 0.717) is 16.1 Å². The van der Waals surface area contributed by atoms with Crippen LogP contribution in [-0.2, 0) is 0 Å². The molecule has 30 heavy (non-hydrogen) atoms. The number of rotatable bonds is 4. The molecule has 2 nitrogen and oxygen atoms in total. The Morgan fingerprint density at radius 1 is 0.733 bits per heavy atom. The Kier molecular flexibility index (Phi) is 4.90. The first-order valence-electron chi connectivity index (χ1n) is 9.79. The van der Waals surface area contributed by atoms with Gasteiger partial charge in [-0.25, -0.2) is 4.98 Å². The minimum atomic E-state index is -1.88. The van der Waals surface area contributed by atoms with Gasteiger partial charge in [-0.2, -0.15) is 0 Å². The van der Waals surface area contributed by atoms with Gasteiger partial charge in [-0.3, -0.25) is 0 Å². The lowest BCUT2D eigenvalue weighted by Gasteiger charge is -2.25. The lowest BCUT2D eigenvalue weighted by Crippen LogP contribution is -2.31. The smallest absolute Gasteiger partial charge is 0.153 e. The van der Waals surface area contributed by atoms with Gasteiger partial charge in [0.05, 0.1) is 12.4 Å². The summed E-state index contributed by atoms with van der Waals surface area (Å²) < 4.78 is 5.49. The minimum absolute atomic E-state index is 0.535. The van der Waals surface area contributed by atoms with Crippen molar-refractivity contribution in [2.45, 2.75) is 0 Å². The van der Waals surface area contributed by atoms with E-state index in [1.54, 1.807) is 6.26 Å². The van der Waals surface area contributed by atoms with Gasteiger partial charge in [-0.1, -0.05) is 60.1 Å². The largest absolute Gasteiger partial charge is 0.461 e. The summed E-state index contributed by atoms with van der Waals surface area (Å²) in [6.07, 6.45) is 1.54. The van der Waals surface area contributed by atoms with Crippen LogP contribution in [0.25, 0.3) is 22.4 Å². The molecule has 0 fully saturated rings. The van der Waals surface area contributed by atoms with Gasteiger partial charge in [0, 0.05) is 5.56 Å². The van der Waals surface area contributed by atoms with E-state index in [4.69, 9.17) is 21.0 Å². The third-order valence-corrected chi connectivity index (χ3v) is 9.86. The van der Waals surface area contributed by atoms with E-state index in [-0.39, 0.29) is 0 Å². The van der Waals surface area contributed by atoms with Crippen LogP contribution in [0.2, 0.25) is 5.02 Å². The van der Waals surface area contributed by atoms with Crippen LogP contribution in [0.15, 0.2) is 108 Å². The number of furan rings is 1. The van der Waals surface area contributed by atoms with Crippen molar-refractivity contribution in [2.24, 2.45) is 0 Å². The maximum Gasteiger partial charge on any atom is 0.153 e. The first kappa shape index (κ1) is 19.1. The van der Waals surface area contributed by atoms with Gasteiger partial charge in [-0.15, -0.1) is 0 Å². The van der Waals surface area contributed by atoms with Crippen molar-refractivity contribution in [1.29, 1.82) is 0 Å². The molecule has 2 aromatic heterocycles. The maximum atomic E-state index is 6.30. The molecule has 0 unspecified atom stereocenters. The summed E-state index contributed by atoms with van der Waals surface area (Å²) in [7, 11) is -1.88. The normalized spacial score (nSPS) is 11.7. The molecule has 0 radical (unpaired) electrons. The average molecular weight is 429 g/mol. The molecule has 0 spiro atoms. The monoisotopic (exact) mass is 428 g/mol. The Balaban J connectivity index is 1.78. The Hall–Kier alpha value is -2.93. The Morgan fingerprint density at radius 3 is 2.00 bits per heavy atom. The molecule has 0 atom stereocenters. The predicted octanol–water partition coefficient (Wildman–Crippen LogP) is 6.07. The molecule has 0 saturated heterocycles. The van der Waals surface area contributed by atoms with Crippen LogP contribution in [0.1, 0.15) is 0 Å². The van der Waals surface area contributed by atoms with Crippen LogP contribution < -0.4 is 15.9 Å². The third-order valence-electron chi connectivity index (χ3n) is 5.58. The molecule has 0 aliphatic rings. The lowest BCUT2D eigenvalue weighted by molar-refractivity contribution is 0.615. The van der Waals surface area contributed by atoms with Crippen molar-refractivity contribution < 1.29 is 4.42 Å². The molecule has 0 N–H and O–H groups in total. The fourth-order valence-electron chi connectivity index (χ4n) is 3.99. The van der Waals surface area contributed by atoms with Gasteiger partial charge < -0.3 is 4.42 Å². The molecule has 5 aromatic rings. The predicted molar refractivity (Wildman–Crippen MR) is 129 cm³/mol. The fraction of sp³-hybridized carbons (Fsp3) is 0.0385. The number of halogens is 1. The van der Waals surface area contributed by atoms with Gasteiger partial charge in [0.1, 0.15) is 40.0 Å². The molecular weight excluding hydrogens is 409 g/mol. The van der Waals surface area contributed by atoms with Crippen molar-refractivity contribution >= 4 is 45.9 Å². The Labute approximate surface area is 181 Å². The highest BCUT2D eigenvalue weighted by Crippen LogP contribution is 2.53. The first-order valence-corrected chi connectivity index (χ1v) is 12.4. The summed E-state index contributed by atoms with van der Waals surface area (Å²) >= 11 is 6.30. The zero-order valence-electron chi connectivity index (χ0n) is 16.5. The summed E-state index contributed by atoms with van der Waals surface area (Å²) in [5.74, 6) is 0. The molecule has 0 aliphatic carbocycles. The van der Waals surface area contributed by atoms with E-state index in [2.05, 4.69) is 91.6 Å². The minimum Gasteiger partial charge on any atom is -0.461 e. The van der Waals surface area contributed by atoms with E-state index >= 15 is 0 Å². The second kappa shape index (κ2) is 7.72. The second-order valence-electron chi connectivity index (χ2n) is 7.32. The number of hydrogen-bond donors (Lipinski definition) is 0. The van der Waals surface area contributed by atoms with E-state index in [0.717, 1.165) is 11.3 Å². The molecular formula is C26H20ClNOP+. The highest BCUT2D eigenvalue weighted by atomic mass is 35.5. The van der Waals surface area contributed by atoms with Crippen molar-refractivity contribution in [1.82, 2.24) is 4.98 Å². The van der Waals surface area contributed by atoms with E-state index in [1.165, 1.54) is 15.9 Å². The standard InChI is InChI=1S/C26H20ClNOP/c1-30(19-10-4-2-5-11-19,20-12-6-3-7-13-20)25-15-9-8-14-21(25)23-16-17-24-26(28-23)22(27)18-29-24/h2-18H,1H3/q+1. The topological polar surface area (TPSA) is 26.0 Å². The summed E-state index contributed by atoms with van der Waals surface area (Å²) in [5, 5.41) is 4.51. The van der Waals surface area contributed by atoms with Crippen LogP contribution in [-0.4, -0.2) is 11.6 Å². The summed E-state index contributed by atoms with van der Waals surface area (Å²) in [6, 6.07) is 34.1. The Morgan fingerprint density at radius 2 is 1.33 bits per heavy atom. The van der Waals surface area contributed by atoms with Gasteiger partial charge in [0.25, 0.3) is 0 Å². The SMILES string of the molecule is C[P+](c1ccccc1)(c1ccccc1)c1ccccc1-c1ccc2occ(Cl)c2n1. The number of hydrogen-bond acceptors (Lipinski definition) is 2.